The van der Waals surface area contributed by atoms with Crippen molar-refractivity contribution in [3.8, 4) is 17.0 Å². The van der Waals surface area contributed by atoms with Gasteiger partial charge in [0.25, 0.3) is 0 Å². The fourth-order valence-corrected chi connectivity index (χ4v) is 2.21. The molecule has 3 rings (SSSR count). The molecule has 1 aromatic carbocycles. The summed E-state index contributed by atoms with van der Waals surface area (Å²) in [5.41, 5.74) is 1.84. The number of pyridine rings is 1. The highest BCUT2D eigenvalue weighted by atomic mass is 35.5. The summed E-state index contributed by atoms with van der Waals surface area (Å²) in [5.74, 6) is 0.930. The van der Waals surface area contributed by atoms with Gasteiger partial charge in [-0.2, -0.15) is 0 Å². The summed E-state index contributed by atoms with van der Waals surface area (Å²) in [6.07, 6.45) is 1.67. The monoisotopic (exact) mass is 287 g/mol. The van der Waals surface area contributed by atoms with Crippen molar-refractivity contribution in [1.29, 1.82) is 0 Å². The van der Waals surface area contributed by atoms with Gasteiger partial charge in [0.2, 0.25) is 5.82 Å². The number of aromatic nitrogens is 2. The standard InChI is InChI=1S/C14H10ClN3O2/c1-20-11-4-2-3-9(7-11)13-14(17-19)18-6-5-10(15)8-12(18)16-13/h2-8H,1H3. The predicted molar refractivity (Wildman–Crippen MR) is 77.6 cm³/mol. The van der Waals surface area contributed by atoms with E-state index in [0.29, 0.717) is 22.1 Å². The summed E-state index contributed by atoms with van der Waals surface area (Å²) in [6, 6.07) is 10.7. The van der Waals surface area contributed by atoms with E-state index in [1.165, 1.54) is 0 Å². The Labute approximate surface area is 119 Å². The van der Waals surface area contributed by atoms with Crippen LogP contribution in [0.2, 0.25) is 5.02 Å². The molecule has 0 radical (unpaired) electrons. The topological polar surface area (TPSA) is 56.0 Å². The molecular weight excluding hydrogens is 278 g/mol. The highest BCUT2D eigenvalue weighted by Crippen LogP contribution is 2.33. The van der Waals surface area contributed by atoms with Gasteiger partial charge in [0.15, 0.2) is 0 Å². The van der Waals surface area contributed by atoms with Crippen molar-refractivity contribution in [2.24, 2.45) is 5.18 Å². The molecule has 0 saturated carbocycles. The molecule has 0 saturated heterocycles. The fraction of sp³-hybridized carbons (Fsp3) is 0.0714. The summed E-state index contributed by atoms with van der Waals surface area (Å²) in [4.78, 5) is 15.6. The first kappa shape index (κ1) is 12.6. The van der Waals surface area contributed by atoms with Crippen molar-refractivity contribution in [2.75, 3.05) is 7.11 Å². The minimum absolute atomic E-state index is 0.241. The molecule has 3 aromatic rings. The summed E-state index contributed by atoms with van der Waals surface area (Å²) in [6.45, 7) is 0. The maximum Gasteiger partial charge on any atom is 0.209 e. The molecule has 2 heterocycles. The first-order chi connectivity index (χ1) is 9.72. The Hall–Kier alpha value is -2.40. The van der Waals surface area contributed by atoms with Crippen molar-refractivity contribution in [3.63, 3.8) is 0 Å². The summed E-state index contributed by atoms with van der Waals surface area (Å²) in [7, 11) is 1.58. The Kier molecular flexibility index (Phi) is 3.12. The fourth-order valence-electron chi connectivity index (χ4n) is 2.06. The number of methoxy groups -OCH3 is 1. The first-order valence-corrected chi connectivity index (χ1v) is 6.26. The molecule has 0 N–H and O–H groups in total. The lowest BCUT2D eigenvalue weighted by molar-refractivity contribution is 0.415. The Morgan fingerprint density at radius 2 is 2.15 bits per heavy atom. The Balaban J connectivity index is 2.26. The summed E-state index contributed by atoms with van der Waals surface area (Å²) in [5, 5.41) is 3.64. The molecule has 2 aromatic heterocycles. The zero-order valence-electron chi connectivity index (χ0n) is 10.6. The average Bonchev–Trinajstić information content (AvgIpc) is 2.84. The van der Waals surface area contributed by atoms with Crippen LogP contribution in [-0.2, 0) is 0 Å². The van der Waals surface area contributed by atoms with E-state index in [1.807, 2.05) is 18.2 Å². The van der Waals surface area contributed by atoms with Gasteiger partial charge in [-0.25, -0.2) is 4.98 Å². The van der Waals surface area contributed by atoms with Crippen LogP contribution < -0.4 is 4.74 Å². The molecule has 20 heavy (non-hydrogen) atoms. The zero-order valence-corrected chi connectivity index (χ0v) is 11.3. The lowest BCUT2D eigenvalue weighted by Crippen LogP contribution is -1.84. The molecule has 0 atom stereocenters. The third-order valence-corrected chi connectivity index (χ3v) is 3.23. The van der Waals surface area contributed by atoms with Crippen molar-refractivity contribution >= 4 is 23.1 Å². The Bertz CT molecular complexity index is 798. The van der Waals surface area contributed by atoms with E-state index in [0.717, 1.165) is 5.56 Å². The van der Waals surface area contributed by atoms with Gasteiger partial charge in [-0.3, -0.25) is 4.40 Å². The maximum atomic E-state index is 11.1. The number of hydrogen-bond donors (Lipinski definition) is 0. The molecule has 0 aliphatic rings. The van der Waals surface area contributed by atoms with Crippen molar-refractivity contribution in [3.05, 3.63) is 52.5 Å². The molecular formula is C14H10ClN3O2. The first-order valence-electron chi connectivity index (χ1n) is 5.88. The third-order valence-electron chi connectivity index (χ3n) is 2.99. The molecule has 0 bridgehead atoms. The average molecular weight is 288 g/mol. The molecule has 100 valence electrons. The molecule has 0 spiro atoms. The number of nitroso groups, excluding NO2 is 1. The van der Waals surface area contributed by atoms with Gasteiger partial charge in [-0.15, -0.1) is 4.91 Å². The third kappa shape index (κ3) is 2.02. The predicted octanol–water partition coefficient (Wildman–Crippen LogP) is 4.06. The molecule has 5 nitrogen and oxygen atoms in total. The van der Waals surface area contributed by atoms with Crippen LogP contribution in [0.4, 0.5) is 5.82 Å². The second kappa shape index (κ2) is 4.94. The number of fused-ring (bicyclic) bond motifs is 1. The number of rotatable bonds is 3. The van der Waals surface area contributed by atoms with E-state index < -0.39 is 0 Å². The van der Waals surface area contributed by atoms with Gasteiger partial charge in [-0.05, 0) is 23.4 Å². The van der Waals surface area contributed by atoms with E-state index in [2.05, 4.69) is 10.2 Å². The number of imidazole rings is 1. The number of ether oxygens (including phenoxy) is 1. The molecule has 0 unspecified atom stereocenters. The quantitative estimate of drug-likeness (QED) is 0.683. The molecule has 6 heteroatoms. The van der Waals surface area contributed by atoms with Crippen LogP contribution in [0, 0.1) is 4.91 Å². The Morgan fingerprint density at radius 1 is 1.30 bits per heavy atom. The van der Waals surface area contributed by atoms with E-state index in [4.69, 9.17) is 16.3 Å². The lowest BCUT2D eigenvalue weighted by atomic mass is 10.1. The van der Waals surface area contributed by atoms with E-state index >= 15 is 0 Å². The van der Waals surface area contributed by atoms with Crippen LogP contribution in [0.3, 0.4) is 0 Å². The van der Waals surface area contributed by atoms with Gasteiger partial charge < -0.3 is 4.74 Å². The largest absolute Gasteiger partial charge is 0.497 e. The summed E-state index contributed by atoms with van der Waals surface area (Å²) < 4.78 is 6.78. The molecule has 0 aliphatic carbocycles. The normalized spacial score (nSPS) is 10.7. The van der Waals surface area contributed by atoms with Gasteiger partial charge in [-0.1, -0.05) is 23.7 Å². The zero-order chi connectivity index (χ0) is 14.1. The number of nitrogens with zero attached hydrogens (tertiary/aromatic N) is 3. The number of halogens is 1. The van der Waals surface area contributed by atoms with Crippen LogP contribution in [0.1, 0.15) is 0 Å². The van der Waals surface area contributed by atoms with Crippen LogP contribution in [0.5, 0.6) is 5.75 Å². The highest BCUT2D eigenvalue weighted by Gasteiger charge is 2.15. The maximum absolute atomic E-state index is 11.1. The molecule has 0 fully saturated rings. The van der Waals surface area contributed by atoms with Crippen molar-refractivity contribution < 1.29 is 4.74 Å². The van der Waals surface area contributed by atoms with E-state index in [1.54, 1.807) is 35.9 Å². The molecule has 0 amide bonds. The second-order valence-corrected chi connectivity index (χ2v) is 4.62. The van der Waals surface area contributed by atoms with Crippen LogP contribution in [-0.4, -0.2) is 16.5 Å². The van der Waals surface area contributed by atoms with Crippen molar-refractivity contribution in [1.82, 2.24) is 9.38 Å². The van der Waals surface area contributed by atoms with Crippen molar-refractivity contribution in [2.45, 2.75) is 0 Å². The second-order valence-electron chi connectivity index (χ2n) is 4.18. The SMILES string of the molecule is COc1cccc(-c2nc3cc(Cl)ccn3c2N=O)c1. The number of hydrogen-bond acceptors (Lipinski definition) is 4. The van der Waals surface area contributed by atoms with Crippen LogP contribution in [0.15, 0.2) is 47.8 Å². The Morgan fingerprint density at radius 3 is 2.90 bits per heavy atom. The number of benzene rings is 1. The summed E-state index contributed by atoms with van der Waals surface area (Å²) >= 11 is 5.94. The van der Waals surface area contributed by atoms with Gasteiger partial charge in [0, 0.05) is 22.8 Å². The minimum Gasteiger partial charge on any atom is -0.497 e. The van der Waals surface area contributed by atoms with Crippen LogP contribution >= 0.6 is 11.6 Å². The lowest BCUT2D eigenvalue weighted by Gasteiger charge is -2.02. The van der Waals surface area contributed by atoms with E-state index in [-0.39, 0.29) is 5.82 Å². The van der Waals surface area contributed by atoms with Crippen LogP contribution in [0.25, 0.3) is 16.9 Å². The van der Waals surface area contributed by atoms with Gasteiger partial charge >= 0.3 is 0 Å². The van der Waals surface area contributed by atoms with Gasteiger partial charge in [0.1, 0.15) is 17.1 Å². The van der Waals surface area contributed by atoms with E-state index in [9.17, 15) is 4.91 Å². The smallest absolute Gasteiger partial charge is 0.209 e. The minimum atomic E-state index is 0.241. The molecule has 0 aliphatic heterocycles. The van der Waals surface area contributed by atoms with Gasteiger partial charge in [0.05, 0.1) is 7.11 Å². The highest BCUT2D eigenvalue weighted by molar-refractivity contribution is 6.30.